The van der Waals surface area contributed by atoms with Crippen molar-refractivity contribution in [2.45, 2.75) is 71.3 Å². The van der Waals surface area contributed by atoms with E-state index in [0.717, 1.165) is 24.9 Å². The third-order valence-electron chi connectivity index (χ3n) is 4.20. The zero-order chi connectivity index (χ0) is 21.0. The molecule has 1 rings (SSSR count). The van der Waals surface area contributed by atoms with Gasteiger partial charge in [0, 0.05) is 18.0 Å². The van der Waals surface area contributed by atoms with Crippen molar-refractivity contribution in [2.24, 2.45) is 0 Å². The van der Waals surface area contributed by atoms with Crippen molar-refractivity contribution in [1.29, 1.82) is 0 Å². The highest BCUT2D eigenvalue weighted by Gasteiger charge is 2.23. The molecule has 160 valence electrons. The number of rotatable bonds is 13. The molecule has 0 heterocycles. The Morgan fingerprint density at radius 1 is 1.07 bits per heavy atom. The number of nitrogens with one attached hydrogen (secondary N) is 1. The Bertz CT molecular complexity index is 685. The lowest BCUT2D eigenvalue weighted by Crippen LogP contribution is -2.29. The molecule has 0 atom stereocenters. The number of unbranched alkanes of at least 4 members (excludes halogenated alkanes) is 4. The van der Waals surface area contributed by atoms with Crippen LogP contribution in [0.1, 0.15) is 65.7 Å². The second kappa shape index (κ2) is 11.9. The standard InChI is InChI=1S/C20H33NO6S/c1-4-5-6-7-8-14-20(2,3)27-19(22)26-18-12-10-17(11-13-18)21-15-9-16-28(23,24)25/h10-13,21H,4-9,14-16H2,1-3H3,(H,23,24,25)/p-1. The lowest BCUT2D eigenvalue weighted by Gasteiger charge is -2.24. The molecule has 0 radical (unpaired) electrons. The van der Waals surface area contributed by atoms with Crippen LogP contribution in [0.25, 0.3) is 0 Å². The maximum atomic E-state index is 12.0. The van der Waals surface area contributed by atoms with E-state index in [0.29, 0.717) is 12.3 Å². The van der Waals surface area contributed by atoms with E-state index in [-0.39, 0.29) is 6.42 Å². The highest BCUT2D eigenvalue weighted by molar-refractivity contribution is 7.85. The molecule has 0 aromatic heterocycles. The molecule has 0 bridgehead atoms. The average Bonchev–Trinajstić information content (AvgIpc) is 2.58. The van der Waals surface area contributed by atoms with E-state index in [9.17, 15) is 17.8 Å². The predicted molar refractivity (Wildman–Crippen MR) is 109 cm³/mol. The Balaban J connectivity index is 2.35. The van der Waals surface area contributed by atoms with Gasteiger partial charge in [-0.25, -0.2) is 13.2 Å². The Morgan fingerprint density at radius 2 is 1.71 bits per heavy atom. The molecular formula is C20H32NO6S-. The minimum atomic E-state index is -4.19. The van der Waals surface area contributed by atoms with Crippen molar-refractivity contribution in [3.8, 4) is 5.75 Å². The molecule has 0 aliphatic carbocycles. The van der Waals surface area contributed by atoms with Gasteiger partial charge in [-0.3, -0.25) is 0 Å². The van der Waals surface area contributed by atoms with Crippen LogP contribution in [0.15, 0.2) is 24.3 Å². The van der Waals surface area contributed by atoms with Gasteiger partial charge in [0.15, 0.2) is 0 Å². The van der Waals surface area contributed by atoms with E-state index < -0.39 is 27.6 Å². The van der Waals surface area contributed by atoms with Crippen molar-refractivity contribution < 1.29 is 27.2 Å². The van der Waals surface area contributed by atoms with Gasteiger partial charge in [0.1, 0.15) is 11.4 Å². The monoisotopic (exact) mass is 414 g/mol. The fourth-order valence-corrected chi connectivity index (χ4v) is 3.17. The molecular weight excluding hydrogens is 382 g/mol. The van der Waals surface area contributed by atoms with E-state index in [4.69, 9.17) is 9.47 Å². The Labute approximate surface area is 168 Å². The summed E-state index contributed by atoms with van der Waals surface area (Å²) in [6.07, 6.45) is 6.04. The van der Waals surface area contributed by atoms with Gasteiger partial charge in [0.25, 0.3) is 0 Å². The number of carbonyl (C=O) groups is 1. The van der Waals surface area contributed by atoms with E-state index in [1.807, 2.05) is 13.8 Å². The van der Waals surface area contributed by atoms with Gasteiger partial charge in [0.2, 0.25) is 0 Å². The number of hydrogen-bond acceptors (Lipinski definition) is 7. The third kappa shape index (κ3) is 11.8. The number of benzene rings is 1. The minimum Gasteiger partial charge on any atom is -0.748 e. The molecule has 0 saturated heterocycles. The second-order valence-corrected chi connectivity index (χ2v) is 8.97. The molecule has 0 aliphatic heterocycles. The molecule has 0 fully saturated rings. The molecule has 28 heavy (non-hydrogen) atoms. The summed E-state index contributed by atoms with van der Waals surface area (Å²) >= 11 is 0. The van der Waals surface area contributed by atoms with E-state index >= 15 is 0 Å². The summed E-state index contributed by atoms with van der Waals surface area (Å²) in [6.45, 7) is 6.29. The first kappa shape index (κ1) is 24.2. The summed E-state index contributed by atoms with van der Waals surface area (Å²) in [7, 11) is -4.19. The molecule has 0 saturated carbocycles. The predicted octanol–water partition coefficient (Wildman–Crippen LogP) is 4.69. The molecule has 1 aromatic rings. The zero-order valence-corrected chi connectivity index (χ0v) is 17.8. The van der Waals surface area contributed by atoms with E-state index in [2.05, 4.69) is 12.2 Å². The number of carbonyl (C=O) groups excluding carboxylic acids is 1. The summed E-state index contributed by atoms with van der Waals surface area (Å²) in [6, 6.07) is 6.64. The summed E-state index contributed by atoms with van der Waals surface area (Å²) in [5.41, 5.74) is 0.156. The SMILES string of the molecule is CCCCCCCC(C)(C)OC(=O)Oc1ccc(NCCCS(=O)(=O)[O-])cc1. The largest absolute Gasteiger partial charge is 0.748 e. The third-order valence-corrected chi connectivity index (χ3v) is 4.99. The van der Waals surface area contributed by atoms with Crippen LogP contribution in [0.4, 0.5) is 10.5 Å². The van der Waals surface area contributed by atoms with Crippen LogP contribution < -0.4 is 10.1 Å². The molecule has 1 aromatic carbocycles. The van der Waals surface area contributed by atoms with Gasteiger partial charge >= 0.3 is 6.16 Å². The fourth-order valence-electron chi connectivity index (χ4n) is 2.67. The maximum absolute atomic E-state index is 12.0. The van der Waals surface area contributed by atoms with E-state index in [1.54, 1.807) is 24.3 Å². The van der Waals surface area contributed by atoms with Gasteiger partial charge in [-0.1, -0.05) is 32.6 Å². The summed E-state index contributed by atoms with van der Waals surface area (Å²) < 4.78 is 42.3. The van der Waals surface area contributed by atoms with Gasteiger partial charge in [0.05, 0.1) is 10.1 Å². The molecule has 8 heteroatoms. The summed E-state index contributed by atoms with van der Waals surface area (Å²) in [5.74, 6) is -0.0436. The zero-order valence-electron chi connectivity index (χ0n) is 17.0. The van der Waals surface area contributed by atoms with Gasteiger partial charge in [-0.15, -0.1) is 0 Å². The highest BCUT2D eigenvalue weighted by Crippen LogP contribution is 2.22. The molecule has 7 nitrogen and oxygen atoms in total. The van der Waals surface area contributed by atoms with Crippen LogP contribution in [0, 0.1) is 0 Å². The molecule has 1 N–H and O–H groups in total. The molecule has 0 amide bonds. The second-order valence-electron chi connectivity index (χ2n) is 7.44. The maximum Gasteiger partial charge on any atom is 0.514 e. The van der Waals surface area contributed by atoms with Crippen molar-refractivity contribution in [3.63, 3.8) is 0 Å². The van der Waals surface area contributed by atoms with Gasteiger partial charge in [-0.2, -0.15) is 0 Å². The van der Waals surface area contributed by atoms with Crippen LogP contribution in [-0.2, 0) is 14.9 Å². The molecule has 0 aliphatic rings. The van der Waals surface area contributed by atoms with Crippen LogP contribution in [0.2, 0.25) is 0 Å². The highest BCUT2D eigenvalue weighted by atomic mass is 32.2. The van der Waals surface area contributed by atoms with Crippen molar-refractivity contribution >= 4 is 22.0 Å². The average molecular weight is 415 g/mol. The smallest absolute Gasteiger partial charge is 0.514 e. The first-order valence-electron chi connectivity index (χ1n) is 9.79. The van der Waals surface area contributed by atoms with Crippen molar-refractivity contribution in [3.05, 3.63) is 24.3 Å². The fraction of sp³-hybridized carbons (Fsp3) is 0.650. The van der Waals surface area contributed by atoms with E-state index in [1.165, 1.54) is 19.3 Å². The summed E-state index contributed by atoms with van der Waals surface area (Å²) in [4.78, 5) is 12.0. The van der Waals surface area contributed by atoms with Crippen LogP contribution in [-0.4, -0.2) is 37.0 Å². The summed E-state index contributed by atoms with van der Waals surface area (Å²) in [5, 5.41) is 3.00. The molecule has 0 spiro atoms. The van der Waals surface area contributed by atoms with Crippen LogP contribution in [0.3, 0.4) is 0 Å². The first-order chi connectivity index (χ1) is 13.1. The lowest BCUT2D eigenvalue weighted by molar-refractivity contribution is 0.00276. The van der Waals surface area contributed by atoms with Crippen LogP contribution >= 0.6 is 0 Å². The number of hydrogen-bond donors (Lipinski definition) is 1. The topological polar surface area (TPSA) is 105 Å². The normalized spacial score (nSPS) is 11.9. The Hall–Kier alpha value is -1.80. The van der Waals surface area contributed by atoms with Gasteiger partial charge in [-0.05, 0) is 57.4 Å². The number of ether oxygens (including phenoxy) is 2. The first-order valence-corrected chi connectivity index (χ1v) is 11.4. The number of anilines is 1. The van der Waals surface area contributed by atoms with Crippen molar-refractivity contribution in [2.75, 3.05) is 17.6 Å². The van der Waals surface area contributed by atoms with Gasteiger partial charge < -0.3 is 19.3 Å². The molecule has 0 unspecified atom stereocenters. The Morgan fingerprint density at radius 3 is 2.32 bits per heavy atom. The van der Waals surface area contributed by atoms with Crippen molar-refractivity contribution in [1.82, 2.24) is 0 Å². The quantitative estimate of drug-likeness (QED) is 0.216. The minimum absolute atomic E-state index is 0.226. The Kier molecular flexibility index (Phi) is 10.3. The van der Waals surface area contributed by atoms with Crippen LogP contribution in [0.5, 0.6) is 5.75 Å². The lowest BCUT2D eigenvalue weighted by atomic mass is 10.00.